The van der Waals surface area contributed by atoms with Gasteiger partial charge in [0.25, 0.3) is 0 Å². The van der Waals surface area contributed by atoms with Crippen molar-refractivity contribution in [2.24, 2.45) is 68.3 Å². The smallest absolute Gasteiger partial charge is 0.111 e. The van der Waals surface area contributed by atoms with Gasteiger partial charge in [-0.1, -0.05) is 54.9 Å². The van der Waals surface area contributed by atoms with Crippen molar-refractivity contribution in [2.75, 3.05) is 6.54 Å². The molecule has 0 radical (unpaired) electrons. The summed E-state index contributed by atoms with van der Waals surface area (Å²) in [5.41, 5.74) is 7.20. The molecule has 5 fully saturated rings. The summed E-state index contributed by atoms with van der Waals surface area (Å²) in [6.07, 6.45) is 6.79. The predicted octanol–water partition coefficient (Wildman–Crippen LogP) is 4.88. The van der Waals surface area contributed by atoms with Crippen molar-refractivity contribution in [3.8, 4) is 0 Å². The average Bonchev–Trinajstić information content (AvgIpc) is 3.27. The molecule has 0 aromatic carbocycles. The van der Waals surface area contributed by atoms with Crippen LogP contribution in [0.5, 0.6) is 0 Å². The van der Waals surface area contributed by atoms with Crippen LogP contribution in [0.25, 0.3) is 0 Å². The Balaban J connectivity index is 1.36. The van der Waals surface area contributed by atoms with Crippen molar-refractivity contribution < 1.29 is 25.5 Å². The molecule has 0 aromatic rings. The van der Waals surface area contributed by atoms with Crippen molar-refractivity contribution in [2.45, 2.75) is 150 Å². The first-order valence-electron chi connectivity index (χ1n) is 17.1. The van der Waals surface area contributed by atoms with Crippen molar-refractivity contribution in [1.29, 1.82) is 0 Å². The number of fused-ring (bicyclic) bond motifs is 7. The summed E-state index contributed by atoms with van der Waals surface area (Å²) in [4.78, 5) is 0. The summed E-state index contributed by atoms with van der Waals surface area (Å²) in [6, 6.07) is 0. The number of aliphatic hydroxyl groups is 5. The first kappa shape index (κ1) is 32.2. The molecule has 41 heavy (non-hydrogen) atoms. The highest BCUT2D eigenvalue weighted by atomic mass is 16.4. The summed E-state index contributed by atoms with van der Waals surface area (Å²) < 4.78 is 0. The van der Waals surface area contributed by atoms with E-state index in [1.807, 2.05) is 6.92 Å². The molecule has 0 aromatic heterocycles. The highest BCUT2D eigenvalue weighted by molar-refractivity contribution is 5.19. The van der Waals surface area contributed by atoms with E-state index in [2.05, 4.69) is 41.5 Å². The summed E-state index contributed by atoms with van der Waals surface area (Å²) in [7, 11) is 0. The first-order chi connectivity index (χ1) is 19.0. The first-order valence-corrected chi connectivity index (χ1v) is 17.1. The lowest BCUT2D eigenvalue weighted by atomic mass is 9.32. The Morgan fingerprint density at radius 3 is 1.78 bits per heavy atom. The topological polar surface area (TPSA) is 127 Å². The monoisotopic (exact) mass is 577 g/mol. The minimum Gasteiger partial charge on any atom is -0.390 e. The van der Waals surface area contributed by atoms with Gasteiger partial charge in [0.05, 0.1) is 12.2 Å². The van der Waals surface area contributed by atoms with Crippen molar-refractivity contribution in [1.82, 2.24) is 0 Å². The Kier molecular flexibility index (Phi) is 8.38. The molecule has 238 valence electrons. The molecule has 0 amide bonds. The van der Waals surface area contributed by atoms with Crippen LogP contribution in [0.2, 0.25) is 0 Å². The van der Waals surface area contributed by atoms with Crippen LogP contribution in [0.3, 0.4) is 0 Å². The molecule has 0 spiro atoms. The molecule has 5 rings (SSSR count). The van der Waals surface area contributed by atoms with Gasteiger partial charge >= 0.3 is 0 Å². The second-order valence-electron chi connectivity index (χ2n) is 17.4. The van der Waals surface area contributed by atoms with E-state index < -0.39 is 30.5 Å². The molecule has 0 unspecified atom stereocenters. The van der Waals surface area contributed by atoms with Gasteiger partial charge in [0.15, 0.2) is 0 Å². The van der Waals surface area contributed by atoms with Gasteiger partial charge in [0.1, 0.15) is 18.3 Å². The molecule has 0 saturated heterocycles. The van der Waals surface area contributed by atoms with E-state index in [0.29, 0.717) is 33.5 Å². The summed E-state index contributed by atoms with van der Waals surface area (Å²) in [5.74, 6) is 2.81. The number of hydrogen-bond donors (Lipinski definition) is 6. The molecule has 6 nitrogen and oxygen atoms in total. The van der Waals surface area contributed by atoms with Gasteiger partial charge in [-0.05, 0) is 127 Å². The highest BCUT2D eigenvalue weighted by Gasteiger charge is 2.70. The maximum absolute atomic E-state index is 11.2. The highest BCUT2D eigenvalue weighted by Crippen LogP contribution is 2.78. The Bertz CT molecular complexity index is 959. The molecule has 15 atom stereocenters. The second kappa shape index (κ2) is 10.7. The van der Waals surface area contributed by atoms with Crippen molar-refractivity contribution in [3.05, 3.63) is 0 Å². The zero-order valence-corrected chi connectivity index (χ0v) is 27.1. The number of hydrogen-bond acceptors (Lipinski definition) is 6. The second-order valence-corrected chi connectivity index (χ2v) is 17.4. The summed E-state index contributed by atoms with van der Waals surface area (Å²) in [6.45, 7) is 17.4. The normalized spacial score (nSPS) is 49.8. The van der Waals surface area contributed by atoms with Crippen LogP contribution in [0, 0.1) is 62.6 Å². The van der Waals surface area contributed by atoms with Crippen LogP contribution in [-0.2, 0) is 0 Å². The molecule has 5 aliphatic rings. The van der Waals surface area contributed by atoms with E-state index in [0.717, 1.165) is 31.1 Å². The Morgan fingerprint density at radius 1 is 0.610 bits per heavy atom. The standard InChI is InChI=1S/C35H63NO5/c1-20(27(38)29(40)30(41)28(39)23(37)19-36)21-11-16-32(4)22(21)12-17-34(6)25(32)9-10-26-33(5)15-8-14-31(2,3)24(33)13-18-35(26,34)7/h20-30,37-41H,8-19,36H2,1-7H3/t20-,21+,22-,23-,24-,25+,26+,27+,28-,29+,30-,32-,33-,34+,35+/m0/s1. The van der Waals surface area contributed by atoms with Crippen molar-refractivity contribution in [3.63, 3.8) is 0 Å². The third kappa shape index (κ3) is 4.54. The van der Waals surface area contributed by atoms with E-state index in [9.17, 15) is 25.5 Å². The van der Waals surface area contributed by atoms with E-state index in [4.69, 9.17) is 5.73 Å². The van der Waals surface area contributed by atoms with Gasteiger partial charge < -0.3 is 31.3 Å². The molecular weight excluding hydrogens is 514 g/mol. The van der Waals surface area contributed by atoms with Crippen LogP contribution in [0.1, 0.15) is 119 Å². The fourth-order valence-corrected chi connectivity index (χ4v) is 13.3. The Hall–Kier alpha value is -0.240. The van der Waals surface area contributed by atoms with Crippen molar-refractivity contribution >= 4 is 0 Å². The summed E-state index contributed by atoms with van der Waals surface area (Å²) >= 11 is 0. The molecule has 0 bridgehead atoms. The maximum Gasteiger partial charge on any atom is 0.111 e. The zero-order valence-electron chi connectivity index (χ0n) is 27.1. The minimum atomic E-state index is -1.65. The Morgan fingerprint density at radius 2 is 1.17 bits per heavy atom. The number of rotatable bonds is 7. The van der Waals surface area contributed by atoms with E-state index in [-0.39, 0.29) is 23.8 Å². The van der Waals surface area contributed by atoms with Crippen LogP contribution in [0.4, 0.5) is 0 Å². The Labute approximate surface area is 249 Å². The van der Waals surface area contributed by atoms with Crippen LogP contribution in [-0.4, -0.2) is 62.6 Å². The molecule has 0 heterocycles. The quantitative estimate of drug-likeness (QED) is 0.256. The van der Waals surface area contributed by atoms with E-state index >= 15 is 0 Å². The van der Waals surface area contributed by atoms with E-state index in [1.165, 1.54) is 51.4 Å². The molecule has 5 saturated carbocycles. The van der Waals surface area contributed by atoms with Gasteiger partial charge in [-0.2, -0.15) is 0 Å². The summed E-state index contributed by atoms with van der Waals surface area (Å²) in [5, 5.41) is 52.7. The lowest BCUT2D eigenvalue weighted by molar-refractivity contribution is -0.242. The largest absolute Gasteiger partial charge is 0.390 e. The minimum absolute atomic E-state index is 0.210. The average molecular weight is 578 g/mol. The van der Waals surface area contributed by atoms with E-state index in [1.54, 1.807) is 0 Å². The van der Waals surface area contributed by atoms with Crippen LogP contribution in [0.15, 0.2) is 0 Å². The van der Waals surface area contributed by atoms with Crippen LogP contribution >= 0.6 is 0 Å². The fourth-order valence-electron chi connectivity index (χ4n) is 13.3. The van der Waals surface area contributed by atoms with Gasteiger partial charge in [-0.25, -0.2) is 0 Å². The molecular formula is C35H63NO5. The molecule has 6 heteroatoms. The number of nitrogens with two attached hydrogens (primary N) is 1. The molecule has 5 aliphatic carbocycles. The predicted molar refractivity (Wildman–Crippen MR) is 163 cm³/mol. The third-order valence-electron chi connectivity index (χ3n) is 15.7. The molecule has 0 aliphatic heterocycles. The van der Waals surface area contributed by atoms with Gasteiger partial charge in [0.2, 0.25) is 0 Å². The van der Waals surface area contributed by atoms with Gasteiger partial charge in [-0.3, -0.25) is 0 Å². The lowest BCUT2D eigenvalue weighted by Crippen LogP contribution is -2.65. The van der Waals surface area contributed by atoms with Crippen LogP contribution < -0.4 is 5.73 Å². The molecule has 7 N–H and O–H groups in total. The third-order valence-corrected chi connectivity index (χ3v) is 15.7. The van der Waals surface area contributed by atoms with Gasteiger partial charge in [-0.15, -0.1) is 0 Å². The fraction of sp³-hybridized carbons (Fsp3) is 1.00. The van der Waals surface area contributed by atoms with Gasteiger partial charge in [0, 0.05) is 6.54 Å². The zero-order chi connectivity index (χ0) is 30.3. The maximum atomic E-state index is 11.2. The number of aliphatic hydroxyl groups excluding tert-OH is 5. The SMILES string of the molecule is C[C@H]([C@@H](O)[C@@H](O)[C@@H](O)[C@@H](O)[C@@H](O)CN)[C@H]1CC[C@]2(C)[C@H]3CC[C@@H]4[C@@]5(C)CCCC(C)(C)[C@@H]5CC[C@@]4(C)[C@]3(C)CC[C@@H]12. The lowest BCUT2D eigenvalue weighted by Gasteiger charge is -2.73.